The van der Waals surface area contributed by atoms with E-state index in [0.29, 0.717) is 6.42 Å². The van der Waals surface area contributed by atoms with Crippen LogP contribution in [0.3, 0.4) is 0 Å². The summed E-state index contributed by atoms with van der Waals surface area (Å²) in [7, 11) is 0. The zero-order valence-corrected chi connectivity index (χ0v) is 11.4. The molecule has 0 aromatic heterocycles. The zero-order valence-electron chi connectivity index (χ0n) is 11.4. The van der Waals surface area contributed by atoms with E-state index < -0.39 is 0 Å². The molecule has 2 heterocycles. The molecular formula is C15H19N3O2. The SMILES string of the molecule is O=C1NC(=O)C(CCN2CCc3ccccc3CC2)N1. The molecule has 20 heavy (non-hydrogen) atoms. The van der Waals surface area contributed by atoms with Gasteiger partial charge in [0, 0.05) is 19.6 Å². The molecule has 0 bridgehead atoms. The number of nitrogens with zero attached hydrogens (tertiary/aromatic N) is 1. The van der Waals surface area contributed by atoms with E-state index in [4.69, 9.17) is 0 Å². The number of benzene rings is 1. The molecule has 0 saturated carbocycles. The summed E-state index contributed by atoms with van der Waals surface area (Å²) in [6.07, 6.45) is 2.78. The first kappa shape index (κ1) is 13.1. The molecule has 106 valence electrons. The summed E-state index contributed by atoms with van der Waals surface area (Å²) in [5.41, 5.74) is 2.86. The summed E-state index contributed by atoms with van der Waals surface area (Å²) in [5, 5.41) is 4.92. The summed E-state index contributed by atoms with van der Waals surface area (Å²) in [6.45, 7) is 2.87. The van der Waals surface area contributed by atoms with Crippen LogP contribution in [0.25, 0.3) is 0 Å². The molecule has 0 radical (unpaired) electrons. The number of amides is 3. The fourth-order valence-corrected chi connectivity index (χ4v) is 2.91. The molecule has 5 nitrogen and oxygen atoms in total. The van der Waals surface area contributed by atoms with E-state index in [-0.39, 0.29) is 18.0 Å². The van der Waals surface area contributed by atoms with Crippen molar-refractivity contribution in [3.63, 3.8) is 0 Å². The maximum atomic E-state index is 11.5. The number of carbonyl (C=O) groups is 2. The van der Waals surface area contributed by atoms with E-state index >= 15 is 0 Å². The number of imide groups is 1. The van der Waals surface area contributed by atoms with Crippen molar-refractivity contribution in [1.29, 1.82) is 0 Å². The molecule has 2 aliphatic rings. The lowest BCUT2D eigenvalue weighted by Crippen LogP contribution is -2.35. The number of fused-ring (bicyclic) bond motifs is 1. The average molecular weight is 273 g/mol. The normalized spacial score (nSPS) is 22.9. The third-order valence-electron chi connectivity index (χ3n) is 4.11. The average Bonchev–Trinajstić information content (AvgIpc) is 2.65. The number of nitrogens with one attached hydrogen (secondary N) is 2. The van der Waals surface area contributed by atoms with Crippen LogP contribution in [0.2, 0.25) is 0 Å². The Balaban J connectivity index is 1.53. The van der Waals surface area contributed by atoms with Crippen molar-refractivity contribution < 1.29 is 9.59 Å². The van der Waals surface area contributed by atoms with Gasteiger partial charge in [0.15, 0.2) is 0 Å². The largest absolute Gasteiger partial charge is 0.326 e. The number of urea groups is 1. The van der Waals surface area contributed by atoms with Crippen LogP contribution in [0, 0.1) is 0 Å². The lowest BCUT2D eigenvalue weighted by Gasteiger charge is -2.20. The van der Waals surface area contributed by atoms with Crippen molar-refractivity contribution in [2.75, 3.05) is 19.6 Å². The topological polar surface area (TPSA) is 61.4 Å². The van der Waals surface area contributed by atoms with Gasteiger partial charge in [0.2, 0.25) is 0 Å². The van der Waals surface area contributed by atoms with Crippen LogP contribution < -0.4 is 10.6 Å². The van der Waals surface area contributed by atoms with Crippen LogP contribution in [-0.2, 0) is 17.6 Å². The first-order valence-electron chi connectivity index (χ1n) is 7.13. The van der Waals surface area contributed by atoms with Gasteiger partial charge in [-0.05, 0) is 30.4 Å². The van der Waals surface area contributed by atoms with Gasteiger partial charge in [-0.2, -0.15) is 0 Å². The Morgan fingerprint density at radius 2 is 1.75 bits per heavy atom. The second-order valence-electron chi connectivity index (χ2n) is 5.41. The molecule has 2 aliphatic heterocycles. The van der Waals surface area contributed by atoms with E-state index in [1.165, 1.54) is 11.1 Å². The van der Waals surface area contributed by atoms with Crippen LogP contribution >= 0.6 is 0 Å². The molecule has 1 saturated heterocycles. The summed E-state index contributed by atoms with van der Waals surface area (Å²) in [5.74, 6) is -0.201. The van der Waals surface area contributed by atoms with E-state index in [2.05, 4.69) is 39.8 Å². The number of hydrogen-bond acceptors (Lipinski definition) is 3. The second kappa shape index (κ2) is 5.63. The molecule has 1 atom stereocenters. The first-order chi connectivity index (χ1) is 9.72. The first-order valence-corrected chi connectivity index (χ1v) is 7.13. The Morgan fingerprint density at radius 1 is 1.10 bits per heavy atom. The van der Waals surface area contributed by atoms with E-state index in [9.17, 15) is 9.59 Å². The molecule has 1 unspecified atom stereocenters. The van der Waals surface area contributed by atoms with Crippen LogP contribution in [0.1, 0.15) is 17.5 Å². The molecule has 1 aromatic rings. The second-order valence-corrected chi connectivity index (χ2v) is 5.41. The fraction of sp³-hybridized carbons (Fsp3) is 0.467. The van der Waals surface area contributed by atoms with Gasteiger partial charge in [-0.15, -0.1) is 0 Å². The lowest BCUT2D eigenvalue weighted by atomic mass is 10.0. The molecule has 0 spiro atoms. The van der Waals surface area contributed by atoms with Crippen molar-refractivity contribution >= 4 is 11.9 Å². The van der Waals surface area contributed by atoms with Gasteiger partial charge < -0.3 is 10.2 Å². The number of carbonyl (C=O) groups excluding carboxylic acids is 2. The molecule has 1 fully saturated rings. The Morgan fingerprint density at radius 3 is 2.30 bits per heavy atom. The molecule has 3 rings (SSSR count). The highest BCUT2D eigenvalue weighted by molar-refractivity contribution is 6.04. The summed E-state index contributed by atoms with van der Waals surface area (Å²) >= 11 is 0. The smallest absolute Gasteiger partial charge is 0.322 e. The molecule has 1 aromatic carbocycles. The number of rotatable bonds is 3. The quantitative estimate of drug-likeness (QED) is 0.796. The van der Waals surface area contributed by atoms with E-state index in [0.717, 1.165) is 32.5 Å². The van der Waals surface area contributed by atoms with Crippen molar-refractivity contribution in [2.24, 2.45) is 0 Å². The third kappa shape index (κ3) is 2.82. The highest BCUT2D eigenvalue weighted by atomic mass is 16.2. The van der Waals surface area contributed by atoms with Crippen LogP contribution in [0.15, 0.2) is 24.3 Å². The maximum Gasteiger partial charge on any atom is 0.322 e. The van der Waals surface area contributed by atoms with Crippen LogP contribution in [0.5, 0.6) is 0 Å². The molecule has 5 heteroatoms. The standard InChI is InChI=1S/C15H19N3O2/c19-14-13(16-15(20)17-14)7-10-18-8-5-11-3-1-2-4-12(11)6-9-18/h1-4,13H,5-10H2,(H2,16,17,19,20). The zero-order chi connectivity index (χ0) is 13.9. The minimum atomic E-state index is -0.372. The van der Waals surface area contributed by atoms with Crippen molar-refractivity contribution in [1.82, 2.24) is 15.5 Å². The van der Waals surface area contributed by atoms with Crippen molar-refractivity contribution in [3.05, 3.63) is 35.4 Å². The van der Waals surface area contributed by atoms with Crippen LogP contribution in [-0.4, -0.2) is 42.5 Å². The Kier molecular flexibility index (Phi) is 3.69. The Labute approximate surface area is 118 Å². The molecule has 0 aliphatic carbocycles. The predicted molar refractivity (Wildman–Crippen MR) is 75.4 cm³/mol. The van der Waals surface area contributed by atoms with Gasteiger partial charge in [-0.1, -0.05) is 24.3 Å². The number of hydrogen-bond donors (Lipinski definition) is 2. The van der Waals surface area contributed by atoms with Crippen LogP contribution in [0.4, 0.5) is 4.79 Å². The van der Waals surface area contributed by atoms with E-state index in [1.807, 2.05) is 0 Å². The van der Waals surface area contributed by atoms with Gasteiger partial charge in [-0.25, -0.2) is 4.79 Å². The summed E-state index contributed by atoms with van der Waals surface area (Å²) < 4.78 is 0. The summed E-state index contributed by atoms with van der Waals surface area (Å²) in [4.78, 5) is 24.9. The van der Waals surface area contributed by atoms with Gasteiger partial charge in [0.25, 0.3) is 5.91 Å². The molecule has 2 N–H and O–H groups in total. The van der Waals surface area contributed by atoms with Gasteiger partial charge in [-0.3, -0.25) is 10.1 Å². The fourth-order valence-electron chi connectivity index (χ4n) is 2.91. The molecular weight excluding hydrogens is 254 g/mol. The monoisotopic (exact) mass is 273 g/mol. The predicted octanol–water partition coefficient (Wildman–Crippen LogP) is 0.685. The highest BCUT2D eigenvalue weighted by Gasteiger charge is 2.29. The summed E-state index contributed by atoms with van der Waals surface area (Å²) in [6, 6.07) is 7.84. The van der Waals surface area contributed by atoms with E-state index in [1.54, 1.807) is 0 Å². The minimum Gasteiger partial charge on any atom is -0.326 e. The van der Waals surface area contributed by atoms with Gasteiger partial charge >= 0.3 is 6.03 Å². The third-order valence-corrected chi connectivity index (χ3v) is 4.11. The maximum absolute atomic E-state index is 11.5. The highest BCUT2D eigenvalue weighted by Crippen LogP contribution is 2.16. The van der Waals surface area contributed by atoms with Gasteiger partial charge in [0.1, 0.15) is 6.04 Å². The van der Waals surface area contributed by atoms with Crippen molar-refractivity contribution in [2.45, 2.75) is 25.3 Å². The molecule has 3 amide bonds. The minimum absolute atomic E-state index is 0.201. The van der Waals surface area contributed by atoms with Gasteiger partial charge in [0.05, 0.1) is 0 Å². The Hall–Kier alpha value is -1.88. The Bertz CT molecular complexity index is 503. The lowest BCUT2D eigenvalue weighted by molar-refractivity contribution is -0.120. The van der Waals surface area contributed by atoms with Crippen molar-refractivity contribution in [3.8, 4) is 0 Å².